The summed E-state index contributed by atoms with van der Waals surface area (Å²) in [4.78, 5) is 27.4. The van der Waals surface area contributed by atoms with Gasteiger partial charge in [-0.05, 0) is 13.0 Å². The molecule has 0 bridgehead atoms. The van der Waals surface area contributed by atoms with Crippen molar-refractivity contribution in [3.8, 4) is 5.75 Å². The molecule has 0 spiro atoms. The van der Waals surface area contributed by atoms with Crippen molar-refractivity contribution in [2.75, 3.05) is 26.2 Å². The average Bonchev–Trinajstić information content (AvgIpc) is 2.73. The third-order valence-electron chi connectivity index (χ3n) is 5.20. The minimum Gasteiger partial charge on any atom is -0.462 e. The number of carbonyl (C=O) groups is 2. The number of aliphatic hydroxyl groups excluding tert-OH is 4. The molecule has 3 rings (SSSR count). The Morgan fingerprint density at radius 1 is 1.03 bits per heavy atom. The summed E-state index contributed by atoms with van der Waals surface area (Å²) in [5.74, 6) is -0.859. The fraction of sp³-hybridized carbons (Fsp3) is 0.579. The smallest absolute Gasteiger partial charge is 0.312 e. The minimum atomic E-state index is -1.56. The summed E-state index contributed by atoms with van der Waals surface area (Å²) >= 11 is 0. The van der Waals surface area contributed by atoms with E-state index in [2.05, 4.69) is 0 Å². The molecule has 0 aliphatic carbocycles. The number of carbonyl (C=O) groups excluding carboxylic acids is 2. The number of amides is 2. The van der Waals surface area contributed by atoms with E-state index in [1.54, 1.807) is 24.3 Å². The van der Waals surface area contributed by atoms with Crippen LogP contribution in [-0.2, 0) is 20.9 Å². The van der Waals surface area contributed by atoms with E-state index >= 15 is 0 Å². The van der Waals surface area contributed by atoms with Crippen molar-refractivity contribution >= 4 is 11.8 Å². The molecule has 2 saturated heterocycles. The zero-order valence-corrected chi connectivity index (χ0v) is 16.0. The number of piperazine rings is 1. The van der Waals surface area contributed by atoms with Crippen molar-refractivity contribution in [2.24, 2.45) is 0 Å². The van der Waals surface area contributed by atoms with Crippen LogP contribution in [0.2, 0.25) is 0 Å². The molecule has 10 heteroatoms. The van der Waals surface area contributed by atoms with Gasteiger partial charge in [-0.25, -0.2) is 0 Å². The fourth-order valence-electron chi connectivity index (χ4n) is 3.41. The van der Waals surface area contributed by atoms with Crippen molar-refractivity contribution in [2.45, 2.75) is 44.2 Å². The van der Waals surface area contributed by atoms with Crippen LogP contribution in [0.15, 0.2) is 24.3 Å². The summed E-state index contributed by atoms with van der Waals surface area (Å²) in [6.45, 7) is 2.66. The molecule has 1 aromatic rings. The van der Waals surface area contributed by atoms with Crippen LogP contribution in [0.1, 0.15) is 12.5 Å². The number of para-hydroxylation sites is 1. The maximum atomic E-state index is 12.4. The molecule has 160 valence electrons. The molecule has 1 aromatic carbocycles. The van der Waals surface area contributed by atoms with Crippen LogP contribution in [0.25, 0.3) is 0 Å². The summed E-state index contributed by atoms with van der Waals surface area (Å²) in [5.41, 5.74) is 0.579. The van der Waals surface area contributed by atoms with Gasteiger partial charge in [0.2, 0.25) is 6.29 Å². The number of ether oxygens (including phenoxy) is 2. The van der Waals surface area contributed by atoms with Crippen LogP contribution >= 0.6 is 0 Å². The summed E-state index contributed by atoms with van der Waals surface area (Å²) in [6.07, 6.45) is -7.01. The Bertz CT molecular complexity index is 743. The Morgan fingerprint density at radius 3 is 2.38 bits per heavy atom. The van der Waals surface area contributed by atoms with Crippen molar-refractivity contribution in [3.05, 3.63) is 29.8 Å². The van der Waals surface area contributed by atoms with Crippen molar-refractivity contribution in [3.63, 3.8) is 0 Å². The molecule has 0 aromatic heterocycles. The van der Waals surface area contributed by atoms with Gasteiger partial charge >= 0.3 is 11.8 Å². The molecule has 0 radical (unpaired) electrons. The maximum absolute atomic E-state index is 12.4. The number of aliphatic hydroxyl groups is 4. The largest absolute Gasteiger partial charge is 0.462 e. The Balaban J connectivity index is 1.74. The molecule has 10 nitrogen and oxygen atoms in total. The second-order valence-electron chi connectivity index (χ2n) is 7.03. The van der Waals surface area contributed by atoms with Gasteiger partial charge in [-0.3, -0.25) is 9.59 Å². The van der Waals surface area contributed by atoms with Crippen molar-refractivity contribution in [1.29, 1.82) is 0 Å². The molecule has 5 atom stereocenters. The molecule has 0 unspecified atom stereocenters. The lowest BCUT2D eigenvalue weighted by Crippen LogP contribution is -2.60. The first-order valence-corrected chi connectivity index (χ1v) is 9.50. The standard InChI is InChI=1S/C19H26N2O8/c1-2-20-7-8-21(18(27)17(20)26)9-11-5-3-4-6-12(11)28-19-16(25)15(24)14(23)13(10-22)29-19/h3-6,13-16,19,22-25H,2,7-10H2,1H3/t13-,14-,15+,16-,19-/m1/s1. The predicted molar refractivity (Wildman–Crippen MR) is 98.5 cm³/mol. The quantitative estimate of drug-likeness (QED) is 0.397. The molecule has 2 heterocycles. The number of rotatable bonds is 6. The topological polar surface area (TPSA) is 140 Å². The first kappa shape index (κ1) is 21.5. The van der Waals surface area contributed by atoms with Crippen LogP contribution < -0.4 is 4.74 Å². The summed E-state index contributed by atoms with van der Waals surface area (Å²) in [7, 11) is 0. The van der Waals surface area contributed by atoms with Crippen LogP contribution in [0.4, 0.5) is 0 Å². The lowest BCUT2D eigenvalue weighted by Gasteiger charge is -2.40. The second-order valence-corrected chi connectivity index (χ2v) is 7.03. The molecule has 29 heavy (non-hydrogen) atoms. The van der Waals surface area contributed by atoms with Crippen molar-refractivity contribution in [1.82, 2.24) is 9.80 Å². The molecule has 2 aliphatic rings. The monoisotopic (exact) mass is 410 g/mol. The van der Waals surface area contributed by atoms with E-state index in [9.17, 15) is 30.0 Å². The first-order chi connectivity index (χ1) is 13.9. The van der Waals surface area contributed by atoms with Gasteiger partial charge in [0.1, 0.15) is 30.2 Å². The molecular formula is C19H26N2O8. The van der Waals surface area contributed by atoms with E-state index in [1.165, 1.54) is 9.80 Å². The molecule has 4 N–H and O–H groups in total. The number of nitrogens with zero attached hydrogens (tertiary/aromatic N) is 2. The zero-order valence-electron chi connectivity index (χ0n) is 16.0. The Morgan fingerprint density at radius 2 is 1.69 bits per heavy atom. The van der Waals surface area contributed by atoms with E-state index in [-0.39, 0.29) is 12.3 Å². The SMILES string of the molecule is CCN1CCN(Cc2ccccc2O[C@@H]2O[C@H](CO)[C@@H](O)[C@H](O)[C@H]2O)C(=O)C1=O. The third-order valence-corrected chi connectivity index (χ3v) is 5.20. The van der Waals surface area contributed by atoms with Gasteiger partial charge in [-0.15, -0.1) is 0 Å². The van der Waals surface area contributed by atoms with Gasteiger partial charge in [-0.1, -0.05) is 18.2 Å². The number of likely N-dealkylation sites (N-methyl/N-ethyl adjacent to an activating group) is 1. The Labute approximate surface area is 167 Å². The molecule has 0 saturated carbocycles. The normalized spacial score (nSPS) is 30.6. The van der Waals surface area contributed by atoms with Gasteiger partial charge in [0.05, 0.1) is 6.61 Å². The van der Waals surface area contributed by atoms with Gasteiger partial charge in [0.25, 0.3) is 0 Å². The molecule has 2 fully saturated rings. The third kappa shape index (κ3) is 4.36. The maximum Gasteiger partial charge on any atom is 0.312 e. The molecule has 2 amide bonds. The highest BCUT2D eigenvalue weighted by Gasteiger charge is 2.45. The second kappa shape index (κ2) is 9.06. The van der Waals surface area contributed by atoms with E-state index in [1.807, 2.05) is 6.92 Å². The summed E-state index contributed by atoms with van der Waals surface area (Å²) in [5, 5.41) is 39.3. The van der Waals surface area contributed by atoms with Crippen LogP contribution in [0.3, 0.4) is 0 Å². The van der Waals surface area contributed by atoms with Crippen LogP contribution in [0, 0.1) is 0 Å². The van der Waals surface area contributed by atoms with E-state index in [0.717, 1.165) is 0 Å². The summed E-state index contributed by atoms with van der Waals surface area (Å²) in [6, 6.07) is 6.74. The van der Waals surface area contributed by atoms with E-state index in [0.29, 0.717) is 25.2 Å². The zero-order chi connectivity index (χ0) is 21.1. The van der Waals surface area contributed by atoms with E-state index in [4.69, 9.17) is 9.47 Å². The molecular weight excluding hydrogens is 384 g/mol. The Hall–Kier alpha value is -2.24. The predicted octanol–water partition coefficient (Wildman–Crippen LogP) is -1.94. The number of hydrogen-bond donors (Lipinski definition) is 4. The van der Waals surface area contributed by atoms with Crippen LogP contribution in [-0.4, -0.2) is 99.0 Å². The summed E-state index contributed by atoms with van der Waals surface area (Å²) < 4.78 is 11.1. The lowest BCUT2D eigenvalue weighted by molar-refractivity contribution is -0.277. The highest BCUT2D eigenvalue weighted by molar-refractivity contribution is 6.35. The van der Waals surface area contributed by atoms with Gasteiger partial charge in [-0.2, -0.15) is 0 Å². The number of benzene rings is 1. The highest BCUT2D eigenvalue weighted by Crippen LogP contribution is 2.27. The Kier molecular flexibility index (Phi) is 6.70. The van der Waals surface area contributed by atoms with Crippen molar-refractivity contribution < 1.29 is 39.5 Å². The lowest BCUT2D eigenvalue weighted by atomic mass is 9.99. The fourth-order valence-corrected chi connectivity index (χ4v) is 3.41. The highest BCUT2D eigenvalue weighted by atomic mass is 16.7. The number of hydrogen-bond acceptors (Lipinski definition) is 8. The van der Waals surface area contributed by atoms with Crippen LogP contribution in [0.5, 0.6) is 5.75 Å². The first-order valence-electron chi connectivity index (χ1n) is 9.50. The van der Waals surface area contributed by atoms with E-state index < -0.39 is 49.1 Å². The minimum absolute atomic E-state index is 0.121. The van der Waals surface area contributed by atoms with Gasteiger partial charge in [0, 0.05) is 31.7 Å². The van der Waals surface area contributed by atoms with Gasteiger partial charge in [0.15, 0.2) is 0 Å². The molecule has 2 aliphatic heterocycles. The van der Waals surface area contributed by atoms with Gasteiger partial charge < -0.3 is 39.7 Å². The average molecular weight is 410 g/mol.